The normalized spacial score (nSPS) is 24.9. The van der Waals surface area contributed by atoms with Crippen LogP contribution in [0.3, 0.4) is 0 Å². The fourth-order valence-electron chi connectivity index (χ4n) is 2.93. The highest BCUT2D eigenvalue weighted by Gasteiger charge is 2.27. The molecule has 2 atom stereocenters. The molecule has 1 N–H and O–H groups in total. The van der Waals surface area contributed by atoms with E-state index in [4.69, 9.17) is 0 Å². The van der Waals surface area contributed by atoms with Crippen molar-refractivity contribution in [2.45, 2.75) is 45.6 Å². The Hall–Kier alpha value is -0.250. The molecular formula is C15H22IN. The Morgan fingerprint density at radius 1 is 1.24 bits per heavy atom. The van der Waals surface area contributed by atoms with Gasteiger partial charge >= 0.3 is 0 Å². The standard InChI is InChI=1S/C15H22IN/c1-11(2)14-8-3-4-9-15(14)17-13-7-5-6-12(16)10-13/h5-7,10-11,14-15,17H,3-4,8-9H2,1-2H3. The van der Waals surface area contributed by atoms with E-state index in [-0.39, 0.29) is 0 Å². The van der Waals surface area contributed by atoms with Gasteiger partial charge < -0.3 is 5.32 Å². The zero-order valence-electron chi connectivity index (χ0n) is 10.7. The van der Waals surface area contributed by atoms with Gasteiger partial charge in [0.1, 0.15) is 0 Å². The van der Waals surface area contributed by atoms with Crippen molar-refractivity contribution in [1.82, 2.24) is 0 Å². The molecule has 0 spiro atoms. The van der Waals surface area contributed by atoms with Crippen molar-refractivity contribution in [1.29, 1.82) is 0 Å². The second kappa shape index (κ2) is 6.07. The highest BCUT2D eigenvalue weighted by atomic mass is 127. The largest absolute Gasteiger partial charge is 0.382 e. The molecule has 0 aliphatic heterocycles. The Labute approximate surface area is 119 Å². The Morgan fingerprint density at radius 2 is 2.00 bits per heavy atom. The van der Waals surface area contributed by atoms with Crippen molar-refractivity contribution in [3.05, 3.63) is 27.8 Å². The lowest BCUT2D eigenvalue weighted by atomic mass is 9.78. The third kappa shape index (κ3) is 3.60. The quantitative estimate of drug-likeness (QED) is 0.769. The van der Waals surface area contributed by atoms with Crippen LogP contribution in [0, 0.1) is 15.4 Å². The van der Waals surface area contributed by atoms with Gasteiger partial charge in [0.05, 0.1) is 0 Å². The summed E-state index contributed by atoms with van der Waals surface area (Å²) in [5.41, 5.74) is 1.29. The fourth-order valence-corrected chi connectivity index (χ4v) is 3.47. The Morgan fingerprint density at radius 3 is 2.71 bits per heavy atom. The van der Waals surface area contributed by atoms with Gasteiger partial charge in [0.2, 0.25) is 0 Å². The first kappa shape index (κ1) is 13.2. The molecule has 0 amide bonds. The molecule has 17 heavy (non-hydrogen) atoms. The van der Waals surface area contributed by atoms with Crippen LogP contribution in [0.25, 0.3) is 0 Å². The van der Waals surface area contributed by atoms with Gasteiger partial charge in [0.25, 0.3) is 0 Å². The molecule has 1 saturated carbocycles. The van der Waals surface area contributed by atoms with Gasteiger partial charge in [-0.1, -0.05) is 32.8 Å². The van der Waals surface area contributed by atoms with Gasteiger partial charge in [-0.15, -0.1) is 0 Å². The highest BCUT2D eigenvalue weighted by molar-refractivity contribution is 14.1. The van der Waals surface area contributed by atoms with Crippen LogP contribution in [-0.2, 0) is 0 Å². The van der Waals surface area contributed by atoms with Crippen LogP contribution in [0.2, 0.25) is 0 Å². The number of rotatable bonds is 3. The van der Waals surface area contributed by atoms with E-state index in [9.17, 15) is 0 Å². The average Bonchev–Trinajstić information content (AvgIpc) is 2.29. The molecule has 94 valence electrons. The third-order valence-electron chi connectivity index (χ3n) is 3.85. The summed E-state index contributed by atoms with van der Waals surface area (Å²) in [6, 6.07) is 9.38. The summed E-state index contributed by atoms with van der Waals surface area (Å²) in [6.07, 6.45) is 5.51. The lowest BCUT2D eigenvalue weighted by molar-refractivity contribution is 0.254. The van der Waals surface area contributed by atoms with Crippen molar-refractivity contribution in [3.8, 4) is 0 Å². The molecule has 2 heteroatoms. The van der Waals surface area contributed by atoms with E-state index in [1.165, 1.54) is 34.9 Å². The van der Waals surface area contributed by atoms with Crippen molar-refractivity contribution in [2.75, 3.05) is 5.32 Å². The minimum absolute atomic E-state index is 0.668. The third-order valence-corrected chi connectivity index (χ3v) is 4.52. The van der Waals surface area contributed by atoms with Gasteiger partial charge in [-0.25, -0.2) is 0 Å². The predicted molar refractivity (Wildman–Crippen MR) is 83.4 cm³/mol. The number of nitrogens with one attached hydrogen (secondary N) is 1. The zero-order valence-corrected chi connectivity index (χ0v) is 12.9. The number of benzene rings is 1. The van der Waals surface area contributed by atoms with Crippen LogP contribution in [-0.4, -0.2) is 6.04 Å². The van der Waals surface area contributed by atoms with Crippen LogP contribution in [0.5, 0.6) is 0 Å². The smallest absolute Gasteiger partial charge is 0.0353 e. The van der Waals surface area contributed by atoms with E-state index in [1.54, 1.807) is 0 Å². The second-order valence-corrected chi connectivity index (χ2v) is 6.70. The summed E-state index contributed by atoms with van der Waals surface area (Å²) in [6.45, 7) is 4.72. The molecule has 1 aromatic rings. The molecule has 2 rings (SSSR count). The molecule has 1 aliphatic carbocycles. The van der Waals surface area contributed by atoms with Crippen LogP contribution in [0.1, 0.15) is 39.5 Å². The Balaban J connectivity index is 2.05. The number of halogens is 1. The Kier molecular flexibility index (Phi) is 4.71. The molecular weight excluding hydrogens is 321 g/mol. The van der Waals surface area contributed by atoms with E-state index >= 15 is 0 Å². The summed E-state index contributed by atoms with van der Waals surface area (Å²) >= 11 is 2.38. The minimum Gasteiger partial charge on any atom is -0.382 e. The molecule has 0 bridgehead atoms. The zero-order chi connectivity index (χ0) is 12.3. The van der Waals surface area contributed by atoms with E-state index in [1.807, 2.05) is 0 Å². The summed E-state index contributed by atoms with van der Waals surface area (Å²) in [5, 5.41) is 3.75. The molecule has 0 aromatic heterocycles. The molecule has 0 saturated heterocycles. The topological polar surface area (TPSA) is 12.0 Å². The number of hydrogen-bond donors (Lipinski definition) is 1. The lowest BCUT2D eigenvalue weighted by Crippen LogP contribution is -2.35. The van der Waals surface area contributed by atoms with Gasteiger partial charge in [0, 0.05) is 15.3 Å². The molecule has 2 unspecified atom stereocenters. The maximum atomic E-state index is 3.75. The first-order chi connectivity index (χ1) is 8.16. The monoisotopic (exact) mass is 343 g/mol. The highest BCUT2D eigenvalue weighted by Crippen LogP contribution is 2.32. The van der Waals surface area contributed by atoms with Crippen molar-refractivity contribution >= 4 is 28.3 Å². The summed E-state index contributed by atoms with van der Waals surface area (Å²) in [5.74, 6) is 1.62. The molecule has 0 radical (unpaired) electrons. The van der Waals surface area contributed by atoms with Gasteiger partial charge in [0.15, 0.2) is 0 Å². The Bertz CT molecular complexity index is 362. The van der Waals surface area contributed by atoms with Gasteiger partial charge in [-0.3, -0.25) is 0 Å². The van der Waals surface area contributed by atoms with E-state index in [2.05, 4.69) is 66.0 Å². The van der Waals surface area contributed by atoms with E-state index in [0.717, 1.165) is 11.8 Å². The minimum atomic E-state index is 0.668. The summed E-state index contributed by atoms with van der Waals surface area (Å²) < 4.78 is 1.31. The maximum absolute atomic E-state index is 3.75. The molecule has 1 aliphatic rings. The van der Waals surface area contributed by atoms with Gasteiger partial charge in [-0.2, -0.15) is 0 Å². The summed E-state index contributed by atoms with van der Waals surface area (Å²) in [4.78, 5) is 0. The number of anilines is 1. The molecule has 1 nitrogen and oxygen atoms in total. The van der Waals surface area contributed by atoms with Crippen molar-refractivity contribution < 1.29 is 0 Å². The van der Waals surface area contributed by atoms with E-state index < -0.39 is 0 Å². The summed E-state index contributed by atoms with van der Waals surface area (Å²) in [7, 11) is 0. The molecule has 1 fully saturated rings. The second-order valence-electron chi connectivity index (χ2n) is 5.45. The first-order valence-corrected chi connectivity index (χ1v) is 7.77. The fraction of sp³-hybridized carbons (Fsp3) is 0.600. The van der Waals surface area contributed by atoms with Crippen LogP contribution >= 0.6 is 22.6 Å². The van der Waals surface area contributed by atoms with Gasteiger partial charge in [-0.05, 0) is 65.5 Å². The molecule has 1 aromatic carbocycles. The first-order valence-electron chi connectivity index (χ1n) is 6.69. The van der Waals surface area contributed by atoms with E-state index in [0.29, 0.717) is 6.04 Å². The van der Waals surface area contributed by atoms with Crippen LogP contribution < -0.4 is 5.32 Å². The van der Waals surface area contributed by atoms with Crippen molar-refractivity contribution in [2.24, 2.45) is 11.8 Å². The number of hydrogen-bond acceptors (Lipinski definition) is 1. The van der Waals surface area contributed by atoms with Crippen LogP contribution in [0.15, 0.2) is 24.3 Å². The average molecular weight is 343 g/mol. The lowest BCUT2D eigenvalue weighted by Gasteiger charge is -2.35. The SMILES string of the molecule is CC(C)C1CCCCC1Nc1cccc(I)c1. The molecule has 0 heterocycles. The van der Waals surface area contributed by atoms with Crippen LogP contribution in [0.4, 0.5) is 5.69 Å². The maximum Gasteiger partial charge on any atom is 0.0353 e. The van der Waals surface area contributed by atoms with Crippen molar-refractivity contribution in [3.63, 3.8) is 0 Å². The predicted octanol–water partition coefficient (Wildman–Crippen LogP) is 4.92.